The average molecular weight is 427 g/mol. The number of hydrogen-bond acceptors (Lipinski definition) is 7. The summed E-state index contributed by atoms with van der Waals surface area (Å²) in [5.41, 5.74) is -0.139. The summed E-state index contributed by atoms with van der Waals surface area (Å²) in [6.45, 7) is 6.40. The van der Waals surface area contributed by atoms with Gasteiger partial charge in [0.2, 0.25) is 0 Å². The van der Waals surface area contributed by atoms with E-state index in [1.807, 2.05) is 0 Å². The third-order valence-electron chi connectivity index (χ3n) is 6.14. The van der Waals surface area contributed by atoms with Crippen molar-refractivity contribution < 1.29 is 31.7 Å². The summed E-state index contributed by atoms with van der Waals surface area (Å²) in [4.78, 5) is 0. The van der Waals surface area contributed by atoms with E-state index >= 15 is 0 Å². The standard InChI is InChI=1S/C18H42O7Si2/c1-10-16(26(20-4,21-5)22-6)13-18(12-3,15-19)14-17(11-2)27(23-7,24-8)25-9/h16-17,19H,10-15H2,1-9H3. The fraction of sp³-hybridized carbons (Fsp3) is 1.00. The third kappa shape index (κ3) is 6.07. The molecular weight excluding hydrogens is 384 g/mol. The van der Waals surface area contributed by atoms with Crippen molar-refractivity contribution in [2.75, 3.05) is 49.3 Å². The number of hydrogen-bond donors (Lipinski definition) is 1. The molecule has 0 aliphatic carbocycles. The van der Waals surface area contributed by atoms with Gasteiger partial charge in [0.1, 0.15) is 0 Å². The molecule has 1 N–H and O–H groups in total. The van der Waals surface area contributed by atoms with Crippen LogP contribution in [0.2, 0.25) is 11.1 Å². The van der Waals surface area contributed by atoms with Crippen LogP contribution < -0.4 is 0 Å². The molecule has 0 fully saturated rings. The topological polar surface area (TPSA) is 75.6 Å². The Morgan fingerprint density at radius 1 is 0.667 bits per heavy atom. The second-order valence-electron chi connectivity index (χ2n) is 7.06. The Kier molecular flexibility index (Phi) is 12.7. The Hall–Kier alpha value is 0.154. The zero-order valence-electron chi connectivity index (χ0n) is 18.8. The molecule has 2 unspecified atom stereocenters. The zero-order valence-corrected chi connectivity index (χ0v) is 20.8. The molecule has 27 heavy (non-hydrogen) atoms. The van der Waals surface area contributed by atoms with Crippen molar-refractivity contribution in [3.8, 4) is 0 Å². The molecule has 0 saturated carbocycles. The minimum absolute atomic E-state index is 0.0692. The summed E-state index contributed by atoms with van der Waals surface area (Å²) in [6.07, 6.45) is 4.01. The first-order valence-corrected chi connectivity index (χ1v) is 13.3. The van der Waals surface area contributed by atoms with Crippen molar-refractivity contribution in [3.05, 3.63) is 0 Å². The monoisotopic (exact) mass is 426 g/mol. The number of aliphatic hydroxyl groups excluding tert-OH is 1. The van der Waals surface area contributed by atoms with Crippen LogP contribution >= 0.6 is 0 Å². The van der Waals surface area contributed by atoms with E-state index in [4.69, 9.17) is 26.6 Å². The quantitative estimate of drug-likeness (QED) is 0.379. The van der Waals surface area contributed by atoms with Crippen LogP contribution in [0.3, 0.4) is 0 Å². The maximum atomic E-state index is 10.4. The van der Waals surface area contributed by atoms with Crippen LogP contribution in [-0.2, 0) is 26.6 Å². The molecule has 0 amide bonds. The summed E-state index contributed by atoms with van der Waals surface area (Å²) in [5, 5.41) is 10.4. The minimum Gasteiger partial charge on any atom is -0.396 e. The number of rotatable bonds is 16. The van der Waals surface area contributed by atoms with Crippen LogP contribution in [0, 0.1) is 5.41 Å². The summed E-state index contributed by atoms with van der Waals surface area (Å²) >= 11 is 0. The molecule has 0 rings (SSSR count). The highest BCUT2D eigenvalue weighted by molar-refractivity contribution is 6.62. The summed E-state index contributed by atoms with van der Waals surface area (Å²) in [5.74, 6) is 0. The van der Waals surface area contributed by atoms with Crippen molar-refractivity contribution in [2.24, 2.45) is 5.41 Å². The van der Waals surface area contributed by atoms with Crippen molar-refractivity contribution in [3.63, 3.8) is 0 Å². The molecule has 0 aliphatic rings. The fourth-order valence-corrected chi connectivity index (χ4v) is 9.56. The molecule has 0 aliphatic heterocycles. The molecule has 0 aromatic carbocycles. The Balaban J connectivity index is 5.82. The van der Waals surface area contributed by atoms with E-state index in [0.29, 0.717) is 0 Å². The Morgan fingerprint density at radius 3 is 1.11 bits per heavy atom. The highest BCUT2D eigenvalue weighted by Crippen LogP contribution is 2.47. The molecule has 0 heterocycles. The maximum Gasteiger partial charge on any atom is 0.503 e. The van der Waals surface area contributed by atoms with Gasteiger partial charge in [0.05, 0.1) is 0 Å². The van der Waals surface area contributed by atoms with Gasteiger partial charge in [-0.05, 0) is 37.5 Å². The molecule has 0 radical (unpaired) electrons. The van der Waals surface area contributed by atoms with Crippen molar-refractivity contribution in [1.82, 2.24) is 0 Å². The van der Waals surface area contributed by atoms with E-state index in [0.717, 1.165) is 32.1 Å². The van der Waals surface area contributed by atoms with Gasteiger partial charge in [0.25, 0.3) is 0 Å². The van der Waals surface area contributed by atoms with Crippen molar-refractivity contribution in [2.45, 2.75) is 64.0 Å². The lowest BCUT2D eigenvalue weighted by Crippen LogP contribution is -2.51. The van der Waals surface area contributed by atoms with Gasteiger partial charge in [-0.3, -0.25) is 0 Å². The predicted molar refractivity (Wildman–Crippen MR) is 111 cm³/mol. The van der Waals surface area contributed by atoms with E-state index in [2.05, 4.69) is 20.8 Å². The molecule has 2 atom stereocenters. The molecule has 7 nitrogen and oxygen atoms in total. The van der Waals surface area contributed by atoms with Crippen LogP contribution in [-0.4, -0.2) is 72.0 Å². The van der Waals surface area contributed by atoms with Crippen LogP contribution in [0.1, 0.15) is 52.9 Å². The van der Waals surface area contributed by atoms with Gasteiger partial charge >= 0.3 is 17.6 Å². The molecule has 0 aromatic rings. The first kappa shape index (κ1) is 27.2. The summed E-state index contributed by atoms with van der Waals surface area (Å²) in [7, 11) is 4.22. The first-order valence-electron chi connectivity index (χ1n) is 9.74. The first-order chi connectivity index (χ1) is 12.8. The van der Waals surface area contributed by atoms with Crippen LogP contribution in [0.4, 0.5) is 0 Å². The van der Waals surface area contributed by atoms with Gasteiger partial charge in [-0.1, -0.05) is 20.8 Å². The van der Waals surface area contributed by atoms with Gasteiger partial charge < -0.3 is 31.7 Å². The predicted octanol–water partition coefficient (Wildman–Crippen LogP) is 3.47. The maximum absolute atomic E-state index is 10.4. The minimum atomic E-state index is -2.81. The lowest BCUT2D eigenvalue weighted by atomic mass is 9.76. The Morgan fingerprint density at radius 2 is 0.963 bits per heavy atom. The van der Waals surface area contributed by atoms with Crippen LogP contribution in [0.25, 0.3) is 0 Å². The molecule has 164 valence electrons. The fourth-order valence-electron chi connectivity index (χ4n) is 4.20. The number of aliphatic hydroxyl groups is 1. The third-order valence-corrected chi connectivity index (χ3v) is 12.8. The average Bonchev–Trinajstić information content (AvgIpc) is 2.73. The van der Waals surface area contributed by atoms with Crippen LogP contribution in [0.15, 0.2) is 0 Å². The summed E-state index contributed by atoms with van der Waals surface area (Å²) in [6, 6.07) is 0. The van der Waals surface area contributed by atoms with E-state index in [-0.39, 0.29) is 23.1 Å². The Bertz CT molecular complexity index is 337. The smallest absolute Gasteiger partial charge is 0.396 e. The molecular formula is C18H42O7Si2. The van der Waals surface area contributed by atoms with E-state index in [1.165, 1.54) is 0 Å². The lowest BCUT2D eigenvalue weighted by Gasteiger charge is -2.43. The zero-order chi connectivity index (χ0) is 21.1. The van der Waals surface area contributed by atoms with Gasteiger partial charge in [-0.15, -0.1) is 0 Å². The van der Waals surface area contributed by atoms with E-state index in [1.54, 1.807) is 42.7 Å². The summed E-state index contributed by atoms with van der Waals surface area (Å²) < 4.78 is 34.4. The second kappa shape index (κ2) is 12.7. The molecule has 0 bridgehead atoms. The van der Waals surface area contributed by atoms with Crippen molar-refractivity contribution >= 4 is 17.6 Å². The lowest BCUT2D eigenvalue weighted by molar-refractivity contribution is 0.0521. The van der Waals surface area contributed by atoms with Gasteiger partial charge in [-0.2, -0.15) is 0 Å². The highest BCUT2D eigenvalue weighted by atomic mass is 28.4. The largest absolute Gasteiger partial charge is 0.503 e. The highest BCUT2D eigenvalue weighted by Gasteiger charge is 2.53. The molecule has 9 heteroatoms. The molecule has 0 spiro atoms. The second-order valence-corrected chi connectivity index (χ2v) is 13.6. The Labute approximate surface area is 168 Å². The SMILES string of the molecule is CCC(CC(CC)(CO)CC(CC)[Si](OC)(OC)OC)[Si](OC)(OC)OC. The van der Waals surface area contributed by atoms with Gasteiger partial charge in [0, 0.05) is 60.3 Å². The van der Waals surface area contributed by atoms with Gasteiger partial charge in [0.15, 0.2) is 0 Å². The normalized spacial score (nSPS) is 17.6. The molecule has 0 saturated heterocycles. The van der Waals surface area contributed by atoms with E-state index < -0.39 is 17.6 Å². The van der Waals surface area contributed by atoms with Crippen LogP contribution in [0.5, 0.6) is 0 Å². The van der Waals surface area contributed by atoms with E-state index in [9.17, 15) is 5.11 Å². The van der Waals surface area contributed by atoms with Gasteiger partial charge in [-0.25, -0.2) is 0 Å². The molecule has 0 aromatic heterocycles. The van der Waals surface area contributed by atoms with Crippen molar-refractivity contribution in [1.29, 1.82) is 0 Å².